The Labute approximate surface area is 147 Å². The minimum atomic E-state index is -0.521. The van der Waals surface area contributed by atoms with Gasteiger partial charge >= 0.3 is 5.97 Å². The molecule has 6 heteroatoms. The zero-order chi connectivity index (χ0) is 18.4. The van der Waals surface area contributed by atoms with Crippen molar-refractivity contribution in [2.75, 3.05) is 12.4 Å². The molecule has 0 atom stereocenters. The molecule has 1 amide bonds. The first kappa shape index (κ1) is 18.4. The van der Waals surface area contributed by atoms with E-state index >= 15 is 0 Å². The van der Waals surface area contributed by atoms with Crippen LogP contribution in [0.4, 0.5) is 5.82 Å². The summed E-state index contributed by atoms with van der Waals surface area (Å²) < 4.78 is 5.34. The molecule has 0 radical (unpaired) electrons. The molecule has 2 aromatic rings. The van der Waals surface area contributed by atoms with Crippen LogP contribution in [-0.4, -0.2) is 29.5 Å². The molecule has 1 aromatic carbocycles. The van der Waals surface area contributed by atoms with Crippen molar-refractivity contribution in [3.8, 4) is 0 Å². The number of amides is 1. The van der Waals surface area contributed by atoms with E-state index in [-0.39, 0.29) is 11.9 Å². The summed E-state index contributed by atoms with van der Waals surface area (Å²) in [5, 5.41) is 5.73. The van der Waals surface area contributed by atoms with E-state index in [2.05, 4.69) is 15.6 Å². The number of hydrogen-bond donors (Lipinski definition) is 2. The Morgan fingerprint density at radius 1 is 1.12 bits per heavy atom. The lowest BCUT2D eigenvalue weighted by molar-refractivity contribution is 0.00694. The molecule has 0 saturated heterocycles. The van der Waals surface area contributed by atoms with Crippen molar-refractivity contribution in [1.82, 2.24) is 10.3 Å². The quantitative estimate of drug-likeness (QED) is 0.817. The maximum Gasteiger partial charge on any atom is 0.338 e. The second-order valence-electron chi connectivity index (χ2n) is 6.53. The van der Waals surface area contributed by atoms with Crippen LogP contribution in [0.3, 0.4) is 0 Å². The van der Waals surface area contributed by atoms with Gasteiger partial charge in [-0.05, 0) is 50.6 Å². The normalized spacial score (nSPS) is 10.9. The summed E-state index contributed by atoms with van der Waals surface area (Å²) in [4.78, 5) is 28.1. The fourth-order valence-corrected chi connectivity index (χ4v) is 2.15. The van der Waals surface area contributed by atoms with Gasteiger partial charge in [0.05, 0.1) is 11.1 Å². The molecule has 0 spiro atoms. The first-order valence-corrected chi connectivity index (χ1v) is 8.03. The van der Waals surface area contributed by atoms with E-state index in [1.165, 1.54) is 0 Å². The van der Waals surface area contributed by atoms with Crippen molar-refractivity contribution in [2.45, 2.75) is 32.9 Å². The average Bonchev–Trinajstić information content (AvgIpc) is 2.58. The molecular formula is C19H23N3O3. The smallest absolute Gasteiger partial charge is 0.338 e. The number of rotatable bonds is 5. The number of aromatic nitrogens is 1. The van der Waals surface area contributed by atoms with Crippen LogP contribution in [0.5, 0.6) is 0 Å². The average molecular weight is 341 g/mol. The Bertz CT molecular complexity index is 749. The molecule has 0 fully saturated rings. The number of pyridine rings is 1. The van der Waals surface area contributed by atoms with Crippen LogP contribution in [-0.2, 0) is 11.3 Å². The van der Waals surface area contributed by atoms with E-state index in [1.807, 2.05) is 32.9 Å². The number of carbonyl (C=O) groups excluding carboxylic acids is 2. The molecule has 0 unspecified atom stereocenters. The number of carbonyl (C=O) groups is 2. The maximum absolute atomic E-state index is 12.0. The molecule has 25 heavy (non-hydrogen) atoms. The molecule has 0 saturated carbocycles. The Morgan fingerprint density at radius 3 is 2.40 bits per heavy atom. The minimum absolute atomic E-state index is 0.198. The highest BCUT2D eigenvalue weighted by Gasteiger charge is 2.17. The van der Waals surface area contributed by atoms with E-state index in [0.29, 0.717) is 23.5 Å². The summed E-state index contributed by atoms with van der Waals surface area (Å²) in [6.45, 7) is 5.98. The number of nitrogens with one attached hydrogen (secondary N) is 2. The molecule has 1 heterocycles. The summed E-state index contributed by atoms with van der Waals surface area (Å²) in [5.74, 6) is -0.0346. The highest BCUT2D eigenvalue weighted by Crippen LogP contribution is 2.15. The van der Waals surface area contributed by atoms with Gasteiger partial charge in [-0.1, -0.05) is 12.1 Å². The monoisotopic (exact) mass is 341 g/mol. The second kappa shape index (κ2) is 7.79. The Hall–Kier alpha value is -2.89. The third-order valence-electron chi connectivity index (χ3n) is 3.33. The zero-order valence-electron chi connectivity index (χ0n) is 14.9. The van der Waals surface area contributed by atoms with Gasteiger partial charge in [-0.25, -0.2) is 9.78 Å². The van der Waals surface area contributed by atoms with Gasteiger partial charge in [0.15, 0.2) is 0 Å². The molecule has 1 aromatic heterocycles. The predicted molar refractivity (Wildman–Crippen MR) is 96.6 cm³/mol. The third-order valence-corrected chi connectivity index (χ3v) is 3.33. The Kier molecular flexibility index (Phi) is 5.75. The summed E-state index contributed by atoms with van der Waals surface area (Å²) in [6, 6.07) is 10.6. The van der Waals surface area contributed by atoms with E-state index in [1.54, 1.807) is 37.5 Å². The van der Waals surface area contributed by atoms with Gasteiger partial charge < -0.3 is 15.4 Å². The van der Waals surface area contributed by atoms with Gasteiger partial charge in [0.25, 0.3) is 5.91 Å². The van der Waals surface area contributed by atoms with E-state index in [4.69, 9.17) is 4.74 Å². The molecule has 2 N–H and O–H groups in total. The number of anilines is 1. The number of esters is 1. The minimum Gasteiger partial charge on any atom is -0.456 e. The molecule has 0 aliphatic heterocycles. The van der Waals surface area contributed by atoms with Crippen molar-refractivity contribution >= 4 is 17.7 Å². The van der Waals surface area contributed by atoms with Crippen LogP contribution < -0.4 is 10.6 Å². The zero-order valence-corrected chi connectivity index (χ0v) is 14.9. The molecule has 0 aliphatic carbocycles. The first-order chi connectivity index (χ1) is 11.8. The second-order valence-corrected chi connectivity index (χ2v) is 6.53. The number of benzene rings is 1. The van der Waals surface area contributed by atoms with Crippen LogP contribution in [0.1, 0.15) is 47.1 Å². The van der Waals surface area contributed by atoms with Crippen LogP contribution in [0, 0.1) is 0 Å². The van der Waals surface area contributed by atoms with Crippen molar-refractivity contribution < 1.29 is 14.3 Å². The van der Waals surface area contributed by atoms with E-state index in [9.17, 15) is 9.59 Å². The van der Waals surface area contributed by atoms with Crippen LogP contribution >= 0.6 is 0 Å². The van der Waals surface area contributed by atoms with Crippen molar-refractivity contribution in [2.24, 2.45) is 0 Å². The SMILES string of the molecule is CNC(=O)c1cccnc1NCc1ccc(C(=O)OC(C)(C)C)cc1. The largest absolute Gasteiger partial charge is 0.456 e. The fraction of sp³-hybridized carbons (Fsp3) is 0.316. The highest BCUT2D eigenvalue weighted by atomic mass is 16.6. The molecule has 2 rings (SSSR count). The number of ether oxygens (including phenoxy) is 1. The van der Waals surface area contributed by atoms with Crippen LogP contribution in [0.15, 0.2) is 42.6 Å². The summed E-state index contributed by atoms with van der Waals surface area (Å²) in [6.07, 6.45) is 1.63. The Morgan fingerprint density at radius 2 is 1.80 bits per heavy atom. The first-order valence-electron chi connectivity index (χ1n) is 8.03. The lowest BCUT2D eigenvalue weighted by atomic mass is 10.1. The Balaban J connectivity index is 2.03. The predicted octanol–water partition coefficient (Wildman–Crippen LogP) is 3.01. The lowest BCUT2D eigenvalue weighted by Crippen LogP contribution is -2.23. The van der Waals surface area contributed by atoms with Gasteiger partial charge in [0.2, 0.25) is 0 Å². The third kappa shape index (κ3) is 5.31. The standard InChI is InChI=1S/C19H23N3O3/c1-19(2,3)25-18(24)14-9-7-13(8-10-14)12-22-16-15(17(23)20-4)6-5-11-21-16/h5-11H,12H2,1-4H3,(H,20,23)(H,21,22). The maximum atomic E-state index is 12.0. The topological polar surface area (TPSA) is 80.3 Å². The van der Waals surface area contributed by atoms with E-state index in [0.717, 1.165) is 5.56 Å². The summed E-state index contributed by atoms with van der Waals surface area (Å²) in [5.41, 5.74) is 1.42. The number of nitrogens with zero attached hydrogens (tertiary/aromatic N) is 1. The van der Waals surface area contributed by atoms with Crippen molar-refractivity contribution in [3.63, 3.8) is 0 Å². The van der Waals surface area contributed by atoms with Crippen molar-refractivity contribution in [3.05, 3.63) is 59.3 Å². The van der Waals surface area contributed by atoms with Gasteiger partial charge in [-0.15, -0.1) is 0 Å². The molecule has 0 bridgehead atoms. The number of hydrogen-bond acceptors (Lipinski definition) is 5. The van der Waals surface area contributed by atoms with Gasteiger partial charge in [-0.2, -0.15) is 0 Å². The molecule has 6 nitrogen and oxygen atoms in total. The fourth-order valence-electron chi connectivity index (χ4n) is 2.15. The summed E-state index contributed by atoms with van der Waals surface area (Å²) in [7, 11) is 1.58. The van der Waals surface area contributed by atoms with Crippen molar-refractivity contribution in [1.29, 1.82) is 0 Å². The van der Waals surface area contributed by atoms with Gasteiger partial charge in [0, 0.05) is 19.8 Å². The molecular weight excluding hydrogens is 318 g/mol. The van der Waals surface area contributed by atoms with Crippen LogP contribution in [0.2, 0.25) is 0 Å². The highest BCUT2D eigenvalue weighted by molar-refractivity contribution is 5.98. The summed E-state index contributed by atoms with van der Waals surface area (Å²) >= 11 is 0. The lowest BCUT2D eigenvalue weighted by Gasteiger charge is -2.19. The molecule has 0 aliphatic rings. The van der Waals surface area contributed by atoms with Crippen LogP contribution in [0.25, 0.3) is 0 Å². The molecule has 132 valence electrons. The van der Waals surface area contributed by atoms with Gasteiger partial charge in [-0.3, -0.25) is 4.79 Å². The van der Waals surface area contributed by atoms with E-state index < -0.39 is 5.60 Å². The van der Waals surface area contributed by atoms with Gasteiger partial charge in [0.1, 0.15) is 11.4 Å².